The summed E-state index contributed by atoms with van der Waals surface area (Å²) in [5.41, 5.74) is 0.271. The van der Waals surface area contributed by atoms with Crippen molar-refractivity contribution < 1.29 is 9.90 Å². The van der Waals surface area contributed by atoms with E-state index in [1.54, 1.807) is 18.0 Å². The Morgan fingerprint density at radius 3 is 3.00 bits per heavy atom. The lowest BCUT2D eigenvalue weighted by atomic mass is 10.1. The van der Waals surface area contributed by atoms with Crippen molar-refractivity contribution in [2.45, 2.75) is 25.3 Å². The quantitative estimate of drug-likeness (QED) is 0.875. The highest BCUT2D eigenvalue weighted by Crippen LogP contribution is 2.24. The van der Waals surface area contributed by atoms with E-state index >= 15 is 0 Å². The topological polar surface area (TPSA) is 52.6 Å². The van der Waals surface area contributed by atoms with E-state index in [9.17, 15) is 9.90 Å². The van der Waals surface area contributed by atoms with Crippen molar-refractivity contribution in [2.24, 2.45) is 0 Å². The number of carbonyl (C=O) groups is 1. The summed E-state index contributed by atoms with van der Waals surface area (Å²) in [6.07, 6.45) is 2.98. The van der Waals surface area contributed by atoms with Crippen molar-refractivity contribution in [3.63, 3.8) is 0 Å². The number of amides is 1. The fourth-order valence-corrected chi connectivity index (χ4v) is 2.60. The number of halogens is 1. The number of phenolic OH excluding ortho intramolecular Hbond substituents is 1. The first kappa shape index (κ1) is 14.2. The van der Waals surface area contributed by atoms with Crippen molar-refractivity contribution in [1.82, 2.24) is 10.2 Å². The van der Waals surface area contributed by atoms with Crippen LogP contribution >= 0.6 is 11.6 Å². The molecule has 1 aliphatic heterocycles. The number of nitrogens with one attached hydrogen (secondary N) is 1. The Labute approximate surface area is 118 Å². The average Bonchev–Trinajstić information content (AvgIpc) is 2.69. The molecule has 1 saturated heterocycles. The Morgan fingerprint density at radius 1 is 1.42 bits per heavy atom. The maximum atomic E-state index is 12.4. The highest BCUT2D eigenvalue weighted by Gasteiger charge is 2.24. The van der Waals surface area contributed by atoms with Crippen LogP contribution in [0.1, 0.15) is 29.6 Å². The van der Waals surface area contributed by atoms with Gasteiger partial charge in [-0.25, -0.2) is 0 Å². The minimum absolute atomic E-state index is 0.0204. The van der Waals surface area contributed by atoms with E-state index in [1.807, 2.05) is 0 Å². The summed E-state index contributed by atoms with van der Waals surface area (Å²) in [6.45, 7) is 1.92. The Kier molecular flexibility index (Phi) is 4.66. The number of phenols is 1. The van der Waals surface area contributed by atoms with E-state index in [-0.39, 0.29) is 23.3 Å². The first-order valence-electron chi connectivity index (χ1n) is 6.56. The Hall–Kier alpha value is -1.26. The number of rotatable bonds is 2. The van der Waals surface area contributed by atoms with E-state index in [4.69, 9.17) is 11.6 Å². The standard InChI is InChI=1S/C14H19ClN2O2/c1-17(11-3-2-7-16-8-6-11)14(19)12-9-10(15)4-5-13(12)18/h4-5,9,11,16,18H,2-3,6-8H2,1H3. The first-order chi connectivity index (χ1) is 9.09. The van der Waals surface area contributed by atoms with Crippen LogP contribution in [-0.2, 0) is 0 Å². The van der Waals surface area contributed by atoms with Gasteiger partial charge < -0.3 is 15.3 Å². The highest BCUT2D eigenvalue weighted by molar-refractivity contribution is 6.31. The van der Waals surface area contributed by atoms with Gasteiger partial charge in [0.25, 0.3) is 5.91 Å². The molecule has 4 nitrogen and oxygen atoms in total. The maximum absolute atomic E-state index is 12.4. The number of hydrogen-bond donors (Lipinski definition) is 2. The molecule has 1 amide bonds. The highest BCUT2D eigenvalue weighted by atomic mass is 35.5. The summed E-state index contributed by atoms with van der Waals surface area (Å²) < 4.78 is 0. The number of nitrogens with zero attached hydrogens (tertiary/aromatic N) is 1. The SMILES string of the molecule is CN(C(=O)c1cc(Cl)ccc1O)C1CCCNCC1. The molecule has 1 unspecified atom stereocenters. The van der Waals surface area contributed by atoms with E-state index < -0.39 is 0 Å². The van der Waals surface area contributed by atoms with Crippen LogP contribution in [0, 0.1) is 0 Å². The third-order valence-electron chi connectivity index (χ3n) is 3.60. The lowest BCUT2D eigenvalue weighted by molar-refractivity contribution is 0.0717. The zero-order chi connectivity index (χ0) is 13.8. The molecule has 2 rings (SSSR count). The molecule has 2 N–H and O–H groups in total. The molecule has 1 aromatic carbocycles. The van der Waals surface area contributed by atoms with Crippen LogP contribution in [0.25, 0.3) is 0 Å². The Morgan fingerprint density at radius 2 is 2.21 bits per heavy atom. The molecule has 1 fully saturated rings. The molecular weight excluding hydrogens is 264 g/mol. The number of benzene rings is 1. The molecule has 0 aliphatic carbocycles. The van der Waals surface area contributed by atoms with Gasteiger partial charge >= 0.3 is 0 Å². The third kappa shape index (κ3) is 3.39. The van der Waals surface area contributed by atoms with Crippen LogP contribution < -0.4 is 5.32 Å². The number of hydrogen-bond acceptors (Lipinski definition) is 3. The third-order valence-corrected chi connectivity index (χ3v) is 3.84. The predicted octanol–water partition coefficient (Wildman–Crippen LogP) is 2.26. The zero-order valence-electron chi connectivity index (χ0n) is 11.0. The molecule has 1 aliphatic rings. The van der Waals surface area contributed by atoms with E-state index in [2.05, 4.69) is 5.32 Å². The van der Waals surface area contributed by atoms with Gasteiger partial charge in [0.2, 0.25) is 0 Å². The zero-order valence-corrected chi connectivity index (χ0v) is 11.8. The van der Waals surface area contributed by atoms with E-state index in [0.29, 0.717) is 5.02 Å². The van der Waals surface area contributed by atoms with Gasteiger partial charge in [0, 0.05) is 18.1 Å². The van der Waals surface area contributed by atoms with Crippen molar-refractivity contribution in [2.75, 3.05) is 20.1 Å². The summed E-state index contributed by atoms with van der Waals surface area (Å²) in [5.74, 6) is -0.195. The van der Waals surface area contributed by atoms with E-state index in [0.717, 1.165) is 32.4 Å². The fourth-order valence-electron chi connectivity index (χ4n) is 2.42. The molecule has 1 aromatic rings. The van der Waals surface area contributed by atoms with E-state index in [1.165, 1.54) is 12.1 Å². The second-order valence-electron chi connectivity index (χ2n) is 4.91. The molecule has 1 atom stereocenters. The van der Waals surface area contributed by atoms with Crippen LogP contribution in [0.2, 0.25) is 5.02 Å². The van der Waals surface area contributed by atoms with Gasteiger partial charge in [-0.1, -0.05) is 11.6 Å². The van der Waals surface area contributed by atoms with Gasteiger partial charge in [0.1, 0.15) is 5.75 Å². The van der Waals surface area contributed by atoms with Crippen LogP contribution in [0.5, 0.6) is 5.75 Å². The van der Waals surface area contributed by atoms with Crippen LogP contribution in [0.3, 0.4) is 0 Å². The van der Waals surface area contributed by atoms with Crippen molar-refractivity contribution >= 4 is 17.5 Å². The monoisotopic (exact) mass is 282 g/mol. The summed E-state index contributed by atoms with van der Waals surface area (Å²) in [7, 11) is 1.79. The number of aromatic hydroxyl groups is 1. The second-order valence-corrected chi connectivity index (χ2v) is 5.35. The van der Waals surface area contributed by atoms with Crippen LogP contribution in [-0.4, -0.2) is 42.1 Å². The maximum Gasteiger partial charge on any atom is 0.257 e. The lowest BCUT2D eigenvalue weighted by Gasteiger charge is -2.27. The largest absolute Gasteiger partial charge is 0.507 e. The predicted molar refractivity (Wildman–Crippen MR) is 75.7 cm³/mol. The number of carbonyl (C=O) groups excluding carboxylic acids is 1. The normalized spacial score (nSPS) is 19.8. The first-order valence-corrected chi connectivity index (χ1v) is 6.94. The van der Waals surface area contributed by atoms with Gasteiger partial charge in [-0.15, -0.1) is 0 Å². The summed E-state index contributed by atoms with van der Waals surface area (Å²) in [5, 5.41) is 13.6. The summed E-state index contributed by atoms with van der Waals surface area (Å²) in [4.78, 5) is 14.1. The molecule has 0 saturated carbocycles. The smallest absolute Gasteiger partial charge is 0.257 e. The molecular formula is C14H19ClN2O2. The van der Waals surface area contributed by atoms with Gasteiger partial charge in [-0.3, -0.25) is 4.79 Å². The van der Waals surface area contributed by atoms with Crippen LogP contribution in [0.15, 0.2) is 18.2 Å². The second kappa shape index (κ2) is 6.26. The minimum Gasteiger partial charge on any atom is -0.507 e. The summed E-state index contributed by atoms with van der Waals surface area (Å²) >= 11 is 5.89. The molecule has 0 aromatic heterocycles. The molecule has 5 heteroatoms. The summed E-state index contributed by atoms with van der Waals surface area (Å²) in [6, 6.07) is 4.76. The van der Waals surface area contributed by atoms with Crippen LogP contribution in [0.4, 0.5) is 0 Å². The average molecular weight is 283 g/mol. The Bertz CT molecular complexity index is 457. The van der Waals surface area contributed by atoms with Gasteiger partial charge in [0.15, 0.2) is 0 Å². The molecule has 0 radical (unpaired) electrons. The lowest BCUT2D eigenvalue weighted by Crippen LogP contribution is -2.37. The molecule has 104 valence electrons. The van der Waals surface area contributed by atoms with Gasteiger partial charge in [-0.2, -0.15) is 0 Å². The van der Waals surface area contributed by atoms with Crippen molar-refractivity contribution in [3.05, 3.63) is 28.8 Å². The van der Waals surface area contributed by atoms with Crippen molar-refractivity contribution in [1.29, 1.82) is 0 Å². The molecule has 0 spiro atoms. The fraction of sp³-hybridized carbons (Fsp3) is 0.500. The Balaban J connectivity index is 2.15. The molecule has 19 heavy (non-hydrogen) atoms. The minimum atomic E-state index is -0.174. The van der Waals surface area contributed by atoms with Crippen molar-refractivity contribution in [3.8, 4) is 5.75 Å². The molecule has 0 bridgehead atoms. The van der Waals surface area contributed by atoms with Gasteiger partial charge in [-0.05, 0) is 50.6 Å². The molecule has 1 heterocycles. The van der Waals surface area contributed by atoms with Gasteiger partial charge in [0.05, 0.1) is 5.56 Å².